The van der Waals surface area contributed by atoms with E-state index in [1.54, 1.807) is 11.0 Å². The fraction of sp³-hybridized carbons (Fsp3) is 0.125. The Labute approximate surface area is 131 Å². The standard InChI is InChI=1S/C16H14N2OS2/c1-3-10-18(15(19)14-9-8-11(2)20-14)16-17-12-6-4-5-7-13(12)21-16/h3-9H,1,10H2,2H3. The van der Waals surface area contributed by atoms with Crippen LogP contribution in [0.25, 0.3) is 10.2 Å². The van der Waals surface area contributed by atoms with Crippen molar-refractivity contribution < 1.29 is 4.79 Å². The summed E-state index contributed by atoms with van der Waals surface area (Å²) in [5.74, 6) is -0.0212. The molecular formula is C16H14N2OS2. The van der Waals surface area contributed by atoms with E-state index in [2.05, 4.69) is 11.6 Å². The normalized spacial score (nSPS) is 10.7. The number of carbonyl (C=O) groups excluding carboxylic acids is 1. The summed E-state index contributed by atoms with van der Waals surface area (Å²) in [6.07, 6.45) is 1.73. The third kappa shape index (κ3) is 2.75. The molecule has 106 valence electrons. The number of thiazole rings is 1. The van der Waals surface area contributed by atoms with Crippen LogP contribution in [0.2, 0.25) is 0 Å². The van der Waals surface area contributed by atoms with Gasteiger partial charge in [-0.05, 0) is 31.2 Å². The number of nitrogens with zero attached hydrogens (tertiary/aromatic N) is 2. The average Bonchev–Trinajstić information content (AvgIpc) is 3.09. The maximum atomic E-state index is 12.7. The SMILES string of the molecule is C=CCN(C(=O)c1ccc(C)s1)c1nc2ccccc2s1. The largest absolute Gasteiger partial charge is 0.279 e. The molecule has 0 fully saturated rings. The van der Waals surface area contributed by atoms with E-state index in [-0.39, 0.29) is 5.91 Å². The molecule has 3 nitrogen and oxygen atoms in total. The minimum absolute atomic E-state index is 0.0212. The number of aryl methyl sites for hydroxylation is 1. The molecule has 2 heterocycles. The van der Waals surface area contributed by atoms with Gasteiger partial charge in [0.1, 0.15) is 0 Å². The lowest BCUT2D eigenvalue weighted by Crippen LogP contribution is -2.30. The van der Waals surface area contributed by atoms with E-state index >= 15 is 0 Å². The van der Waals surface area contributed by atoms with Crippen molar-refractivity contribution in [2.45, 2.75) is 6.92 Å². The summed E-state index contributed by atoms with van der Waals surface area (Å²) in [5.41, 5.74) is 0.918. The highest BCUT2D eigenvalue weighted by Gasteiger charge is 2.21. The molecule has 0 radical (unpaired) electrons. The van der Waals surface area contributed by atoms with Gasteiger partial charge in [-0.1, -0.05) is 29.5 Å². The van der Waals surface area contributed by atoms with Gasteiger partial charge in [0, 0.05) is 11.4 Å². The number of anilines is 1. The van der Waals surface area contributed by atoms with Crippen LogP contribution in [0.5, 0.6) is 0 Å². The van der Waals surface area contributed by atoms with E-state index < -0.39 is 0 Å². The Balaban J connectivity index is 2.00. The van der Waals surface area contributed by atoms with Crippen molar-refractivity contribution in [3.8, 4) is 0 Å². The summed E-state index contributed by atoms with van der Waals surface area (Å²) in [4.78, 5) is 20.8. The van der Waals surface area contributed by atoms with Crippen LogP contribution in [0.4, 0.5) is 5.13 Å². The van der Waals surface area contributed by atoms with E-state index in [1.807, 2.05) is 43.3 Å². The summed E-state index contributed by atoms with van der Waals surface area (Å²) in [6.45, 7) is 6.20. The maximum absolute atomic E-state index is 12.7. The number of para-hydroxylation sites is 1. The zero-order chi connectivity index (χ0) is 14.8. The Morgan fingerprint density at radius 3 is 2.76 bits per heavy atom. The van der Waals surface area contributed by atoms with Gasteiger partial charge in [-0.25, -0.2) is 4.98 Å². The van der Waals surface area contributed by atoms with E-state index in [0.717, 1.165) is 20.0 Å². The number of fused-ring (bicyclic) bond motifs is 1. The minimum atomic E-state index is -0.0212. The van der Waals surface area contributed by atoms with Gasteiger partial charge in [-0.3, -0.25) is 9.69 Å². The van der Waals surface area contributed by atoms with Crippen molar-refractivity contribution in [2.24, 2.45) is 0 Å². The molecule has 0 saturated carbocycles. The highest BCUT2D eigenvalue weighted by Crippen LogP contribution is 2.30. The molecule has 5 heteroatoms. The van der Waals surface area contributed by atoms with Crippen LogP contribution < -0.4 is 4.90 Å². The summed E-state index contributed by atoms with van der Waals surface area (Å²) in [6, 6.07) is 11.7. The molecule has 0 aliphatic rings. The van der Waals surface area contributed by atoms with Crippen LogP contribution in [0.15, 0.2) is 49.1 Å². The molecule has 0 spiro atoms. The lowest BCUT2D eigenvalue weighted by Gasteiger charge is -2.16. The Bertz CT molecular complexity index is 770. The molecule has 0 unspecified atom stereocenters. The van der Waals surface area contributed by atoms with Crippen LogP contribution in [0, 0.1) is 6.92 Å². The number of aromatic nitrogens is 1. The van der Waals surface area contributed by atoms with Crippen molar-refractivity contribution in [3.63, 3.8) is 0 Å². The molecule has 0 atom stereocenters. The van der Waals surface area contributed by atoms with Gasteiger partial charge in [0.15, 0.2) is 5.13 Å². The predicted octanol–water partition coefficient (Wildman–Crippen LogP) is 4.50. The van der Waals surface area contributed by atoms with E-state index in [0.29, 0.717) is 11.7 Å². The molecule has 1 amide bonds. The minimum Gasteiger partial charge on any atom is -0.279 e. The number of benzene rings is 1. The Kier molecular flexibility index (Phi) is 3.86. The molecule has 3 aromatic rings. The van der Waals surface area contributed by atoms with Gasteiger partial charge in [-0.2, -0.15) is 0 Å². The number of carbonyl (C=O) groups is 1. The van der Waals surface area contributed by atoms with E-state index in [4.69, 9.17) is 0 Å². The van der Waals surface area contributed by atoms with Gasteiger partial charge in [0.2, 0.25) is 0 Å². The number of thiophene rings is 1. The van der Waals surface area contributed by atoms with Crippen LogP contribution in [0.1, 0.15) is 14.5 Å². The lowest BCUT2D eigenvalue weighted by molar-refractivity contribution is 0.0993. The number of rotatable bonds is 4. The predicted molar refractivity (Wildman–Crippen MR) is 90.5 cm³/mol. The Hall–Kier alpha value is -1.98. The first kappa shape index (κ1) is 14.0. The topological polar surface area (TPSA) is 33.2 Å². The van der Waals surface area contributed by atoms with E-state index in [9.17, 15) is 4.79 Å². The quantitative estimate of drug-likeness (QED) is 0.664. The molecule has 0 aliphatic carbocycles. The molecular weight excluding hydrogens is 300 g/mol. The zero-order valence-corrected chi connectivity index (χ0v) is 13.2. The van der Waals surface area contributed by atoms with Gasteiger partial charge < -0.3 is 0 Å². The first-order chi connectivity index (χ1) is 10.2. The van der Waals surface area contributed by atoms with Gasteiger partial charge in [-0.15, -0.1) is 17.9 Å². The summed E-state index contributed by atoms with van der Waals surface area (Å²) in [5, 5.41) is 0.715. The molecule has 0 saturated heterocycles. The zero-order valence-electron chi connectivity index (χ0n) is 11.6. The molecule has 2 aromatic heterocycles. The number of hydrogen-bond donors (Lipinski definition) is 0. The molecule has 1 aromatic carbocycles. The van der Waals surface area contributed by atoms with Crippen LogP contribution in [-0.2, 0) is 0 Å². The third-order valence-corrected chi connectivity index (χ3v) is 5.07. The summed E-state index contributed by atoms with van der Waals surface area (Å²) >= 11 is 3.03. The first-order valence-corrected chi connectivity index (χ1v) is 8.17. The van der Waals surface area contributed by atoms with Crippen molar-refractivity contribution in [1.29, 1.82) is 0 Å². The smallest absolute Gasteiger partial charge is 0.270 e. The first-order valence-electron chi connectivity index (χ1n) is 6.54. The lowest BCUT2D eigenvalue weighted by atomic mass is 10.3. The highest BCUT2D eigenvalue weighted by atomic mass is 32.1. The second-order valence-corrected chi connectivity index (χ2v) is 6.88. The number of amides is 1. The fourth-order valence-electron chi connectivity index (χ4n) is 2.03. The van der Waals surface area contributed by atoms with Crippen LogP contribution in [-0.4, -0.2) is 17.4 Å². The third-order valence-electron chi connectivity index (χ3n) is 3.02. The molecule has 0 N–H and O–H groups in total. The van der Waals surface area contributed by atoms with Gasteiger partial charge in [0.25, 0.3) is 5.91 Å². The van der Waals surface area contributed by atoms with Crippen molar-refractivity contribution in [2.75, 3.05) is 11.4 Å². The second kappa shape index (κ2) is 5.79. The Morgan fingerprint density at radius 1 is 1.29 bits per heavy atom. The number of hydrogen-bond acceptors (Lipinski definition) is 4. The van der Waals surface area contributed by atoms with Crippen LogP contribution >= 0.6 is 22.7 Å². The van der Waals surface area contributed by atoms with Crippen molar-refractivity contribution in [3.05, 3.63) is 58.8 Å². The highest BCUT2D eigenvalue weighted by molar-refractivity contribution is 7.22. The molecule has 21 heavy (non-hydrogen) atoms. The van der Waals surface area contributed by atoms with Gasteiger partial charge in [0.05, 0.1) is 15.1 Å². The van der Waals surface area contributed by atoms with E-state index in [1.165, 1.54) is 22.7 Å². The summed E-state index contributed by atoms with van der Waals surface area (Å²) < 4.78 is 1.08. The molecule has 0 aliphatic heterocycles. The molecule has 0 bridgehead atoms. The second-order valence-electron chi connectivity index (χ2n) is 4.58. The fourth-order valence-corrected chi connectivity index (χ4v) is 3.82. The summed E-state index contributed by atoms with van der Waals surface area (Å²) in [7, 11) is 0. The molecule has 3 rings (SSSR count). The average molecular weight is 314 g/mol. The van der Waals surface area contributed by atoms with Crippen molar-refractivity contribution >= 4 is 43.9 Å². The maximum Gasteiger partial charge on any atom is 0.270 e. The Morgan fingerprint density at radius 2 is 2.10 bits per heavy atom. The van der Waals surface area contributed by atoms with Crippen molar-refractivity contribution in [1.82, 2.24) is 4.98 Å². The van der Waals surface area contributed by atoms with Gasteiger partial charge >= 0.3 is 0 Å². The monoisotopic (exact) mass is 314 g/mol. The van der Waals surface area contributed by atoms with Crippen LogP contribution in [0.3, 0.4) is 0 Å².